The summed E-state index contributed by atoms with van der Waals surface area (Å²) in [6, 6.07) is 0.753. The zero-order chi connectivity index (χ0) is 14.8. The number of hydrogen-bond donors (Lipinski definition) is 1. The van der Waals surface area contributed by atoms with Crippen LogP contribution in [0.25, 0.3) is 0 Å². The van der Waals surface area contributed by atoms with E-state index in [4.69, 9.17) is 0 Å². The van der Waals surface area contributed by atoms with Crippen molar-refractivity contribution in [2.24, 2.45) is 0 Å². The van der Waals surface area contributed by atoms with Crippen molar-refractivity contribution in [2.75, 3.05) is 6.54 Å². The van der Waals surface area contributed by atoms with Crippen molar-refractivity contribution in [2.45, 2.75) is 26.7 Å². The van der Waals surface area contributed by atoms with Gasteiger partial charge in [0.25, 0.3) is 5.91 Å². The van der Waals surface area contributed by atoms with E-state index in [0.29, 0.717) is 12.1 Å². The third-order valence-corrected chi connectivity index (χ3v) is 2.19. The maximum Gasteiger partial charge on any atom is 0.416 e. The largest absolute Gasteiger partial charge is 0.416 e. The predicted octanol–water partition coefficient (Wildman–Crippen LogP) is 4.11. The van der Waals surface area contributed by atoms with Crippen molar-refractivity contribution >= 4 is 5.91 Å². The Morgan fingerprint density at radius 1 is 1.00 bits per heavy atom. The van der Waals surface area contributed by atoms with Gasteiger partial charge in [-0.05, 0) is 25.1 Å². The lowest BCUT2D eigenvalue weighted by Crippen LogP contribution is -2.24. The number of benzene rings is 1. The Balaban J connectivity index is 0.00000361. The highest BCUT2D eigenvalue weighted by Crippen LogP contribution is 2.36. The Labute approximate surface area is 111 Å². The van der Waals surface area contributed by atoms with E-state index < -0.39 is 35.0 Å². The lowest BCUT2D eigenvalue weighted by atomic mass is 10.0. The molecule has 0 heterocycles. The normalized spacial score (nSPS) is 11.8. The first-order chi connectivity index (χ1) is 8.55. The SMILES string of the molecule is C.CCNC(=O)c1cc(C(F)(F)F)cc(C(F)(F)F)c1. The monoisotopic (exact) mass is 301 g/mol. The molecule has 2 nitrogen and oxygen atoms in total. The van der Waals surface area contributed by atoms with Gasteiger partial charge in [-0.25, -0.2) is 0 Å². The summed E-state index contributed by atoms with van der Waals surface area (Å²) in [6.07, 6.45) is -9.91. The number of carbonyl (C=O) groups excluding carboxylic acids is 1. The molecule has 20 heavy (non-hydrogen) atoms. The van der Waals surface area contributed by atoms with Crippen LogP contribution >= 0.6 is 0 Å². The van der Waals surface area contributed by atoms with Gasteiger partial charge in [0, 0.05) is 12.1 Å². The second-order valence-corrected chi connectivity index (χ2v) is 3.65. The number of amides is 1. The van der Waals surface area contributed by atoms with Gasteiger partial charge in [0.15, 0.2) is 0 Å². The lowest BCUT2D eigenvalue weighted by Gasteiger charge is -2.13. The van der Waals surface area contributed by atoms with E-state index in [0.717, 1.165) is 0 Å². The van der Waals surface area contributed by atoms with Crippen LogP contribution in [0.4, 0.5) is 26.3 Å². The fraction of sp³-hybridized carbons (Fsp3) is 0.417. The molecule has 8 heteroatoms. The minimum atomic E-state index is -4.96. The summed E-state index contributed by atoms with van der Waals surface area (Å²) in [6.45, 7) is 1.59. The van der Waals surface area contributed by atoms with E-state index in [1.54, 1.807) is 0 Å². The molecular formula is C12H13F6NO. The van der Waals surface area contributed by atoms with Crippen molar-refractivity contribution in [3.05, 3.63) is 34.9 Å². The van der Waals surface area contributed by atoms with Gasteiger partial charge in [-0.15, -0.1) is 0 Å². The van der Waals surface area contributed by atoms with Crippen LogP contribution < -0.4 is 5.32 Å². The Bertz CT molecular complexity index is 446. The number of nitrogens with one attached hydrogen (secondary N) is 1. The van der Waals surface area contributed by atoms with Crippen molar-refractivity contribution in [3.8, 4) is 0 Å². The molecular weight excluding hydrogens is 288 g/mol. The zero-order valence-electron chi connectivity index (χ0n) is 9.62. The van der Waals surface area contributed by atoms with Crippen LogP contribution in [0.2, 0.25) is 0 Å². The Morgan fingerprint density at radius 3 is 1.70 bits per heavy atom. The second kappa shape index (κ2) is 6.15. The Hall–Kier alpha value is -1.73. The molecule has 0 bridgehead atoms. The zero-order valence-corrected chi connectivity index (χ0v) is 9.62. The Kier molecular flexibility index (Phi) is 5.62. The minimum Gasteiger partial charge on any atom is -0.352 e. The maximum absolute atomic E-state index is 12.5. The fourth-order valence-electron chi connectivity index (χ4n) is 1.35. The number of halogens is 6. The summed E-state index contributed by atoms with van der Waals surface area (Å²) in [5, 5.41) is 2.15. The number of rotatable bonds is 2. The molecule has 1 aromatic carbocycles. The topological polar surface area (TPSA) is 29.1 Å². The van der Waals surface area contributed by atoms with Gasteiger partial charge >= 0.3 is 12.4 Å². The molecule has 0 fully saturated rings. The molecule has 0 saturated heterocycles. The third-order valence-electron chi connectivity index (χ3n) is 2.19. The number of hydrogen-bond acceptors (Lipinski definition) is 1. The molecule has 0 atom stereocenters. The highest BCUT2D eigenvalue weighted by molar-refractivity contribution is 5.94. The minimum absolute atomic E-state index is 0. The first-order valence-corrected chi connectivity index (χ1v) is 5.13. The average molecular weight is 301 g/mol. The standard InChI is InChI=1S/C11H9F6NO.CH4/c1-2-18-9(19)6-3-7(10(12,13)14)5-8(4-6)11(15,16)17;/h3-5H,2H2,1H3,(H,18,19);1H4. The quantitative estimate of drug-likeness (QED) is 0.818. The van der Waals surface area contributed by atoms with Gasteiger partial charge in [-0.3, -0.25) is 4.79 Å². The molecule has 0 aliphatic heterocycles. The number of carbonyl (C=O) groups is 1. The second-order valence-electron chi connectivity index (χ2n) is 3.65. The molecule has 0 saturated carbocycles. The molecule has 114 valence electrons. The summed E-state index contributed by atoms with van der Waals surface area (Å²) in [4.78, 5) is 11.4. The summed E-state index contributed by atoms with van der Waals surface area (Å²) in [5.41, 5.74) is -3.70. The van der Waals surface area contributed by atoms with Crippen LogP contribution in [0, 0.1) is 0 Å². The van der Waals surface area contributed by atoms with Crippen molar-refractivity contribution < 1.29 is 31.1 Å². The predicted molar refractivity (Wildman–Crippen MR) is 61.2 cm³/mol. The van der Waals surface area contributed by atoms with E-state index in [1.165, 1.54) is 6.92 Å². The molecule has 0 spiro atoms. The first kappa shape index (κ1) is 18.3. The van der Waals surface area contributed by atoms with Crippen molar-refractivity contribution in [1.29, 1.82) is 0 Å². The summed E-state index contributed by atoms with van der Waals surface area (Å²) < 4.78 is 74.9. The highest BCUT2D eigenvalue weighted by atomic mass is 19.4. The van der Waals surface area contributed by atoms with E-state index in [9.17, 15) is 31.1 Å². The number of alkyl halides is 6. The van der Waals surface area contributed by atoms with E-state index in [1.807, 2.05) is 0 Å². The van der Waals surface area contributed by atoms with Gasteiger partial charge < -0.3 is 5.32 Å². The Morgan fingerprint density at radius 2 is 1.40 bits per heavy atom. The van der Waals surface area contributed by atoms with Crippen molar-refractivity contribution in [1.82, 2.24) is 5.32 Å². The lowest BCUT2D eigenvalue weighted by molar-refractivity contribution is -0.143. The molecule has 0 aliphatic carbocycles. The van der Waals surface area contributed by atoms with Crippen molar-refractivity contribution in [3.63, 3.8) is 0 Å². The van der Waals surface area contributed by atoms with Gasteiger partial charge in [-0.1, -0.05) is 7.43 Å². The average Bonchev–Trinajstić information content (AvgIpc) is 2.26. The summed E-state index contributed by atoms with van der Waals surface area (Å²) in [7, 11) is 0. The van der Waals surface area contributed by atoms with E-state index in [-0.39, 0.29) is 20.0 Å². The molecule has 0 radical (unpaired) electrons. The summed E-state index contributed by atoms with van der Waals surface area (Å²) >= 11 is 0. The summed E-state index contributed by atoms with van der Waals surface area (Å²) in [5.74, 6) is -0.987. The van der Waals surface area contributed by atoms with Crippen LogP contribution in [0.3, 0.4) is 0 Å². The van der Waals surface area contributed by atoms with Crippen LogP contribution in [0.15, 0.2) is 18.2 Å². The van der Waals surface area contributed by atoms with Crippen LogP contribution in [-0.2, 0) is 12.4 Å². The third kappa shape index (κ3) is 4.43. The van der Waals surface area contributed by atoms with Gasteiger partial charge in [-0.2, -0.15) is 26.3 Å². The molecule has 1 N–H and O–H groups in total. The fourth-order valence-corrected chi connectivity index (χ4v) is 1.35. The molecule has 0 unspecified atom stereocenters. The maximum atomic E-state index is 12.5. The van der Waals surface area contributed by atoms with Gasteiger partial charge in [0.1, 0.15) is 0 Å². The van der Waals surface area contributed by atoms with Gasteiger partial charge in [0.05, 0.1) is 11.1 Å². The molecule has 1 amide bonds. The smallest absolute Gasteiger partial charge is 0.352 e. The van der Waals surface area contributed by atoms with Crippen LogP contribution in [-0.4, -0.2) is 12.5 Å². The first-order valence-electron chi connectivity index (χ1n) is 5.13. The molecule has 0 aliphatic rings. The van der Waals surface area contributed by atoms with Crippen LogP contribution in [0.1, 0.15) is 35.8 Å². The molecule has 0 aromatic heterocycles. The van der Waals surface area contributed by atoms with E-state index >= 15 is 0 Å². The van der Waals surface area contributed by atoms with Crippen LogP contribution in [0.5, 0.6) is 0 Å². The highest BCUT2D eigenvalue weighted by Gasteiger charge is 2.37. The van der Waals surface area contributed by atoms with Gasteiger partial charge in [0.2, 0.25) is 0 Å². The molecule has 1 rings (SSSR count). The van der Waals surface area contributed by atoms with E-state index in [2.05, 4.69) is 5.32 Å². The molecule has 1 aromatic rings.